The van der Waals surface area contributed by atoms with Gasteiger partial charge in [0.25, 0.3) is 0 Å². The summed E-state index contributed by atoms with van der Waals surface area (Å²) in [6, 6.07) is 33.4. The lowest BCUT2D eigenvalue weighted by Gasteiger charge is -2.20. The third kappa shape index (κ3) is 4.78. The molecule has 0 amide bonds. The first-order valence-corrected chi connectivity index (χ1v) is 11.8. The zero-order chi connectivity index (χ0) is 22.8. The number of hydrogen-bond acceptors (Lipinski definition) is 2. The summed E-state index contributed by atoms with van der Waals surface area (Å²) in [6.45, 7) is 2.84. The van der Waals surface area contributed by atoms with Crippen molar-refractivity contribution in [2.24, 2.45) is 0 Å². The van der Waals surface area contributed by atoms with Gasteiger partial charge in [0.05, 0.1) is 0 Å². The van der Waals surface area contributed by atoms with Crippen molar-refractivity contribution in [1.82, 2.24) is 9.80 Å². The van der Waals surface area contributed by atoms with Crippen molar-refractivity contribution >= 4 is 0 Å². The molecule has 4 aromatic rings. The van der Waals surface area contributed by atoms with Crippen LogP contribution in [0.4, 0.5) is 0 Å². The van der Waals surface area contributed by atoms with Gasteiger partial charge in [0.2, 0.25) is 0 Å². The van der Waals surface area contributed by atoms with Gasteiger partial charge in [0.15, 0.2) is 0 Å². The van der Waals surface area contributed by atoms with E-state index in [0.29, 0.717) is 0 Å². The van der Waals surface area contributed by atoms with Crippen LogP contribution in [-0.2, 0) is 26.1 Å². The van der Waals surface area contributed by atoms with Crippen LogP contribution in [0, 0.1) is 0 Å². The molecule has 2 nitrogen and oxygen atoms in total. The van der Waals surface area contributed by atoms with E-state index in [1.807, 2.05) is 0 Å². The summed E-state index contributed by atoms with van der Waals surface area (Å²) >= 11 is 0. The van der Waals surface area contributed by atoms with Gasteiger partial charge in [0.1, 0.15) is 0 Å². The van der Waals surface area contributed by atoms with E-state index in [-0.39, 0.29) is 0 Å². The van der Waals surface area contributed by atoms with E-state index in [9.17, 15) is 0 Å². The van der Waals surface area contributed by atoms with E-state index in [2.05, 4.69) is 122 Å². The molecule has 0 atom stereocenters. The van der Waals surface area contributed by atoms with E-state index >= 15 is 0 Å². The van der Waals surface area contributed by atoms with Crippen molar-refractivity contribution in [3.05, 3.63) is 119 Å². The predicted octanol–water partition coefficient (Wildman–Crippen LogP) is 6.62. The second-order valence-corrected chi connectivity index (χ2v) is 9.60. The van der Waals surface area contributed by atoms with E-state index < -0.39 is 0 Å². The average molecular weight is 433 g/mol. The molecule has 0 unspecified atom stereocenters. The zero-order valence-electron chi connectivity index (χ0n) is 19.9. The van der Waals surface area contributed by atoms with Gasteiger partial charge >= 0.3 is 0 Å². The van der Waals surface area contributed by atoms with Crippen LogP contribution in [0.1, 0.15) is 27.8 Å². The van der Waals surface area contributed by atoms with Gasteiger partial charge in [-0.05, 0) is 89.8 Å². The van der Waals surface area contributed by atoms with Gasteiger partial charge in [-0.25, -0.2) is 0 Å². The second-order valence-electron chi connectivity index (χ2n) is 9.60. The molecule has 0 bridgehead atoms. The quantitative estimate of drug-likeness (QED) is 0.285. The van der Waals surface area contributed by atoms with E-state index in [1.54, 1.807) is 0 Å². The van der Waals surface area contributed by atoms with E-state index in [4.69, 9.17) is 0 Å². The topological polar surface area (TPSA) is 6.48 Å². The Morgan fingerprint density at radius 3 is 2.18 bits per heavy atom. The largest absolute Gasteiger partial charge is 0.305 e. The molecule has 0 spiro atoms. The van der Waals surface area contributed by atoms with Crippen LogP contribution in [0.3, 0.4) is 0 Å². The molecule has 1 aliphatic rings. The summed E-state index contributed by atoms with van der Waals surface area (Å²) in [6.07, 6.45) is 1.05. The molecule has 0 aromatic heterocycles. The number of nitrogens with zero attached hydrogens (tertiary/aromatic N) is 2. The summed E-state index contributed by atoms with van der Waals surface area (Å²) in [5.41, 5.74) is 12.5. The Morgan fingerprint density at radius 1 is 0.606 bits per heavy atom. The summed E-state index contributed by atoms with van der Waals surface area (Å²) in [5.74, 6) is 0. The molecule has 0 fully saturated rings. The fourth-order valence-corrected chi connectivity index (χ4v) is 5.10. The molecule has 0 heterocycles. The number of benzene rings is 4. The minimum atomic E-state index is 0.928. The molecule has 0 saturated carbocycles. The minimum absolute atomic E-state index is 0.928. The Balaban J connectivity index is 1.37. The monoisotopic (exact) mass is 432 g/mol. The van der Waals surface area contributed by atoms with Crippen molar-refractivity contribution in [3.63, 3.8) is 0 Å². The third-order valence-corrected chi connectivity index (χ3v) is 6.49. The van der Waals surface area contributed by atoms with Gasteiger partial charge in [-0.15, -0.1) is 0 Å². The Hall–Kier alpha value is -3.20. The molecule has 0 aliphatic heterocycles. The zero-order valence-corrected chi connectivity index (χ0v) is 19.9. The van der Waals surface area contributed by atoms with Gasteiger partial charge in [-0.2, -0.15) is 0 Å². The average Bonchev–Trinajstić information content (AvgIpc) is 3.18. The number of hydrogen-bond donors (Lipinski definition) is 0. The molecule has 0 radical (unpaired) electrons. The van der Waals surface area contributed by atoms with E-state index in [0.717, 1.165) is 26.1 Å². The van der Waals surface area contributed by atoms with E-state index in [1.165, 1.54) is 50.1 Å². The van der Waals surface area contributed by atoms with Crippen molar-refractivity contribution in [1.29, 1.82) is 0 Å². The van der Waals surface area contributed by atoms with Gasteiger partial charge in [-0.3, -0.25) is 4.90 Å². The highest BCUT2D eigenvalue weighted by Gasteiger charge is 2.22. The number of rotatable bonds is 7. The van der Waals surface area contributed by atoms with Crippen LogP contribution in [0.5, 0.6) is 0 Å². The van der Waals surface area contributed by atoms with Crippen molar-refractivity contribution < 1.29 is 0 Å². The van der Waals surface area contributed by atoms with Gasteiger partial charge < -0.3 is 4.90 Å². The highest BCUT2D eigenvalue weighted by molar-refractivity contribution is 5.80. The summed E-state index contributed by atoms with van der Waals surface area (Å²) in [4.78, 5) is 4.67. The Kier molecular flexibility index (Phi) is 6.13. The lowest BCUT2D eigenvalue weighted by molar-refractivity contribution is 0.319. The lowest BCUT2D eigenvalue weighted by atomic mass is 9.97. The van der Waals surface area contributed by atoms with Crippen LogP contribution in [0.25, 0.3) is 22.3 Å². The second kappa shape index (κ2) is 9.35. The van der Waals surface area contributed by atoms with Crippen LogP contribution in [-0.4, -0.2) is 30.9 Å². The van der Waals surface area contributed by atoms with Crippen LogP contribution >= 0.6 is 0 Å². The van der Waals surface area contributed by atoms with Gasteiger partial charge in [0, 0.05) is 19.6 Å². The van der Waals surface area contributed by atoms with Crippen LogP contribution in [0.2, 0.25) is 0 Å². The summed E-state index contributed by atoms with van der Waals surface area (Å²) in [7, 11) is 6.50. The highest BCUT2D eigenvalue weighted by atomic mass is 15.1. The molecule has 0 saturated heterocycles. The third-order valence-electron chi connectivity index (χ3n) is 6.49. The lowest BCUT2D eigenvalue weighted by Crippen LogP contribution is -2.17. The van der Waals surface area contributed by atoms with Crippen molar-refractivity contribution in [3.8, 4) is 22.3 Å². The molecular formula is C31H32N2. The van der Waals surface area contributed by atoms with Crippen LogP contribution in [0.15, 0.2) is 91.0 Å². The molecule has 166 valence electrons. The SMILES string of the molecule is CN(C)Cc1ccc2c(c1)-c1c(cccc1CN(C)Cc1cccc(-c3ccccc3)c1)C2. The predicted molar refractivity (Wildman–Crippen MR) is 139 cm³/mol. The highest BCUT2D eigenvalue weighted by Crippen LogP contribution is 2.40. The minimum Gasteiger partial charge on any atom is -0.305 e. The molecule has 1 aliphatic carbocycles. The van der Waals surface area contributed by atoms with Crippen LogP contribution < -0.4 is 0 Å². The molecule has 4 aromatic carbocycles. The Labute approximate surface area is 198 Å². The standard InChI is InChI=1S/C31H32N2/c1-32(2)20-24-15-16-27-19-28-13-8-14-29(31(28)30(27)18-24)22-33(3)21-23-9-7-12-26(17-23)25-10-5-4-6-11-25/h4-18H,19-22H2,1-3H3. The van der Waals surface area contributed by atoms with Crippen molar-refractivity contribution in [2.75, 3.05) is 21.1 Å². The molecule has 2 heteroatoms. The maximum atomic E-state index is 2.43. The molecule has 0 N–H and O–H groups in total. The molecular weight excluding hydrogens is 400 g/mol. The normalized spacial score (nSPS) is 12.3. The first-order valence-electron chi connectivity index (χ1n) is 11.8. The van der Waals surface area contributed by atoms with Gasteiger partial charge in [-0.1, -0.05) is 78.9 Å². The number of fused-ring (bicyclic) bond motifs is 3. The fourth-order valence-electron chi connectivity index (χ4n) is 5.10. The van der Waals surface area contributed by atoms with Crippen molar-refractivity contribution in [2.45, 2.75) is 26.1 Å². The summed E-state index contributed by atoms with van der Waals surface area (Å²) < 4.78 is 0. The molecule has 33 heavy (non-hydrogen) atoms. The maximum Gasteiger partial charge on any atom is 0.0240 e. The first-order chi connectivity index (χ1) is 16.1. The molecule has 5 rings (SSSR count). The smallest absolute Gasteiger partial charge is 0.0240 e. The first kappa shape index (κ1) is 21.6. The Morgan fingerprint density at radius 2 is 1.36 bits per heavy atom. The maximum absolute atomic E-state index is 2.43. The Bertz CT molecular complexity index is 1260. The fraction of sp³-hybridized carbons (Fsp3) is 0.226. The summed E-state index contributed by atoms with van der Waals surface area (Å²) in [5, 5.41) is 0.